The Labute approximate surface area is 113 Å². The number of benzene rings is 1. The van der Waals surface area contributed by atoms with Crippen molar-refractivity contribution in [2.45, 2.75) is 38.3 Å². The van der Waals surface area contributed by atoms with E-state index < -0.39 is 0 Å². The highest BCUT2D eigenvalue weighted by Gasteiger charge is 2.23. The van der Waals surface area contributed by atoms with Crippen molar-refractivity contribution in [3.05, 3.63) is 34.4 Å². The zero-order valence-corrected chi connectivity index (χ0v) is 11.5. The number of hydrogen-bond donors (Lipinski definition) is 1. The van der Waals surface area contributed by atoms with Gasteiger partial charge >= 0.3 is 0 Å². The SMILES string of the molecule is C[C@@H](C[C@@H]1CCCN1C)Nc1ccccc1[N+](=O)[O-]. The Bertz CT molecular complexity index is 450. The molecule has 0 radical (unpaired) electrons. The molecule has 0 aliphatic carbocycles. The van der Waals surface area contributed by atoms with Crippen LogP contribution in [0.15, 0.2) is 24.3 Å². The summed E-state index contributed by atoms with van der Waals surface area (Å²) in [6.07, 6.45) is 3.49. The molecule has 2 rings (SSSR count). The third-order valence-electron chi connectivity index (χ3n) is 3.80. The fraction of sp³-hybridized carbons (Fsp3) is 0.571. The van der Waals surface area contributed by atoms with Crippen molar-refractivity contribution in [1.82, 2.24) is 4.90 Å². The molecule has 1 saturated heterocycles. The lowest BCUT2D eigenvalue weighted by atomic mass is 10.1. The largest absolute Gasteiger partial charge is 0.377 e. The maximum atomic E-state index is 11.0. The molecular formula is C14H21N3O2. The molecule has 1 aromatic carbocycles. The molecule has 5 heteroatoms. The van der Waals surface area contributed by atoms with E-state index >= 15 is 0 Å². The van der Waals surface area contributed by atoms with E-state index in [9.17, 15) is 10.1 Å². The van der Waals surface area contributed by atoms with E-state index in [1.165, 1.54) is 18.9 Å². The molecule has 0 unspecified atom stereocenters. The minimum Gasteiger partial charge on any atom is -0.377 e. The second-order valence-corrected chi connectivity index (χ2v) is 5.33. The lowest BCUT2D eigenvalue weighted by Crippen LogP contribution is -2.31. The third-order valence-corrected chi connectivity index (χ3v) is 3.80. The summed E-state index contributed by atoms with van der Waals surface area (Å²) in [5.41, 5.74) is 0.759. The van der Waals surface area contributed by atoms with Crippen molar-refractivity contribution < 1.29 is 4.92 Å². The Kier molecular flexibility index (Phi) is 4.37. The van der Waals surface area contributed by atoms with Crippen LogP contribution in [-0.2, 0) is 0 Å². The van der Waals surface area contributed by atoms with Gasteiger partial charge in [-0.25, -0.2) is 0 Å². The van der Waals surface area contributed by atoms with Crippen LogP contribution in [0.1, 0.15) is 26.2 Å². The summed E-state index contributed by atoms with van der Waals surface area (Å²) >= 11 is 0. The lowest BCUT2D eigenvalue weighted by molar-refractivity contribution is -0.384. The number of rotatable bonds is 5. The van der Waals surface area contributed by atoms with Crippen molar-refractivity contribution in [2.75, 3.05) is 18.9 Å². The summed E-state index contributed by atoms with van der Waals surface area (Å²) in [6, 6.07) is 7.64. The topological polar surface area (TPSA) is 58.4 Å². The van der Waals surface area contributed by atoms with Gasteiger partial charge in [-0.1, -0.05) is 12.1 Å². The number of para-hydroxylation sites is 2. The van der Waals surface area contributed by atoms with Crippen LogP contribution in [0.25, 0.3) is 0 Å². The highest BCUT2D eigenvalue weighted by molar-refractivity contribution is 5.61. The minimum atomic E-state index is -0.337. The normalized spacial score (nSPS) is 21.3. The summed E-state index contributed by atoms with van der Waals surface area (Å²) in [5.74, 6) is 0. The zero-order chi connectivity index (χ0) is 13.8. The molecule has 0 saturated carbocycles. The van der Waals surface area contributed by atoms with E-state index in [0.717, 1.165) is 13.0 Å². The molecular weight excluding hydrogens is 242 g/mol. The highest BCUT2D eigenvalue weighted by Crippen LogP contribution is 2.26. The van der Waals surface area contributed by atoms with Gasteiger partial charge < -0.3 is 10.2 Å². The van der Waals surface area contributed by atoms with Gasteiger partial charge in [-0.15, -0.1) is 0 Å². The monoisotopic (exact) mass is 263 g/mol. The average molecular weight is 263 g/mol. The van der Waals surface area contributed by atoms with Gasteiger partial charge in [0.05, 0.1) is 4.92 Å². The summed E-state index contributed by atoms with van der Waals surface area (Å²) in [6.45, 7) is 3.24. The molecule has 104 valence electrons. The molecule has 0 spiro atoms. The standard InChI is InChI=1S/C14H21N3O2/c1-11(10-12-6-5-9-16(12)2)15-13-7-3-4-8-14(13)17(18)19/h3-4,7-8,11-12,15H,5-6,9-10H2,1-2H3/t11-,12-/m0/s1. The van der Waals surface area contributed by atoms with E-state index in [0.29, 0.717) is 11.7 Å². The molecule has 5 nitrogen and oxygen atoms in total. The molecule has 0 bridgehead atoms. The maximum absolute atomic E-state index is 11.0. The highest BCUT2D eigenvalue weighted by atomic mass is 16.6. The predicted molar refractivity (Wildman–Crippen MR) is 76.5 cm³/mol. The van der Waals surface area contributed by atoms with Crippen molar-refractivity contribution in [2.24, 2.45) is 0 Å². The van der Waals surface area contributed by atoms with E-state index in [2.05, 4.69) is 24.2 Å². The zero-order valence-electron chi connectivity index (χ0n) is 11.5. The van der Waals surface area contributed by atoms with E-state index in [1.54, 1.807) is 12.1 Å². The Morgan fingerprint density at radius 3 is 2.89 bits per heavy atom. The number of anilines is 1. The van der Waals surface area contributed by atoms with Crippen LogP contribution in [0, 0.1) is 10.1 Å². The number of nitrogens with one attached hydrogen (secondary N) is 1. The van der Waals surface area contributed by atoms with Gasteiger partial charge in [0.2, 0.25) is 0 Å². The van der Waals surface area contributed by atoms with Crippen molar-refractivity contribution in [1.29, 1.82) is 0 Å². The predicted octanol–water partition coefficient (Wildman–Crippen LogP) is 2.88. The first kappa shape index (κ1) is 13.8. The van der Waals surface area contributed by atoms with Gasteiger partial charge in [0.15, 0.2) is 0 Å². The number of likely N-dealkylation sites (tertiary alicyclic amines) is 1. The number of nitro groups is 1. The van der Waals surface area contributed by atoms with Crippen LogP contribution in [0.3, 0.4) is 0 Å². The second kappa shape index (κ2) is 6.02. The number of nitro benzene ring substituents is 1. The smallest absolute Gasteiger partial charge is 0.292 e. The second-order valence-electron chi connectivity index (χ2n) is 5.33. The fourth-order valence-electron chi connectivity index (χ4n) is 2.76. The van der Waals surface area contributed by atoms with Gasteiger partial charge in [0.1, 0.15) is 5.69 Å². The van der Waals surface area contributed by atoms with Crippen LogP contribution < -0.4 is 5.32 Å². The first-order valence-corrected chi connectivity index (χ1v) is 6.78. The Hall–Kier alpha value is -1.62. The Morgan fingerprint density at radius 2 is 2.26 bits per heavy atom. The van der Waals surface area contributed by atoms with E-state index in [-0.39, 0.29) is 16.7 Å². The number of hydrogen-bond acceptors (Lipinski definition) is 4. The van der Waals surface area contributed by atoms with Crippen molar-refractivity contribution in [3.8, 4) is 0 Å². The summed E-state index contributed by atoms with van der Waals surface area (Å²) in [5, 5.41) is 14.2. The fourth-order valence-corrected chi connectivity index (χ4v) is 2.76. The van der Waals surface area contributed by atoms with Crippen LogP contribution in [0.4, 0.5) is 11.4 Å². The first-order chi connectivity index (χ1) is 9.08. The molecule has 0 amide bonds. The summed E-state index contributed by atoms with van der Waals surface area (Å²) in [4.78, 5) is 13.0. The van der Waals surface area contributed by atoms with Crippen LogP contribution in [0.5, 0.6) is 0 Å². The summed E-state index contributed by atoms with van der Waals surface area (Å²) < 4.78 is 0. The molecule has 0 aromatic heterocycles. The summed E-state index contributed by atoms with van der Waals surface area (Å²) in [7, 11) is 2.15. The molecule has 2 atom stereocenters. The molecule has 1 aliphatic heterocycles. The van der Waals surface area contributed by atoms with Crippen molar-refractivity contribution in [3.63, 3.8) is 0 Å². The van der Waals surface area contributed by atoms with Gasteiger partial charge in [-0.05, 0) is 45.8 Å². The van der Waals surface area contributed by atoms with Gasteiger partial charge in [0.25, 0.3) is 5.69 Å². The van der Waals surface area contributed by atoms with Gasteiger partial charge in [0, 0.05) is 18.2 Å². The van der Waals surface area contributed by atoms with Crippen molar-refractivity contribution >= 4 is 11.4 Å². The molecule has 1 fully saturated rings. The number of nitrogens with zero attached hydrogens (tertiary/aromatic N) is 2. The molecule has 1 aliphatic rings. The van der Waals surface area contributed by atoms with Crippen LogP contribution >= 0.6 is 0 Å². The first-order valence-electron chi connectivity index (χ1n) is 6.78. The quantitative estimate of drug-likeness (QED) is 0.655. The van der Waals surface area contributed by atoms with Gasteiger partial charge in [-0.2, -0.15) is 0 Å². The van der Waals surface area contributed by atoms with Crippen LogP contribution in [-0.4, -0.2) is 35.5 Å². The minimum absolute atomic E-state index is 0.147. The van der Waals surface area contributed by atoms with Crippen LogP contribution in [0.2, 0.25) is 0 Å². The lowest BCUT2D eigenvalue weighted by Gasteiger charge is -2.24. The Morgan fingerprint density at radius 1 is 1.53 bits per heavy atom. The molecule has 1 heterocycles. The average Bonchev–Trinajstić information content (AvgIpc) is 2.75. The van der Waals surface area contributed by atoms with Gasteiger partial charge in [-0.3, -0.25) is 10.1 Å². The molecule has 19 heavy (non-hydrogen) atoms. The Balaban J connectivity index is 1.98. The maximum Gasteiger partial charge on any atom is 0.292 e. The molecule has 1 aromatic rings. The van der Waals surface area contributed by atoms with E-state index in [1.807, 2.05) is 6.07 Å². The molecule has 1 N–H and O–H groups in total. The van der Waals surface area contributed by atoms with E-state index in [4.69, 9.17) is 0 Å². The third kappa shape index (κ3) is 3.44.